The Morgan fingerprint density at radius 1 is 1.38 bits per heavy atom. The van der Waals surface area contributed by atoms with Crippen molar-refractivity contribution in [2.45, 2.75) is 39.5 Å². The summed E-state index contributed by atoms with van der Waals surface area (Å²) in [7, 11) is 0. The van der Waals surface area contributed by atoms with E-state index in [1.807, 2.05) is 6.92 Å². The molecule has 0 aliphatic rings. The van der Waals surface area contributed by atoms with Crippen LogP contribution in [0.3, 0.4) is 0 Å². The number of ether oxygens (including phenoxy) is 1. The molecule has 0 aliphatic heterocycles. The van der Waals surface area contributed by atoms with Crippen LogP contribution in [-0.2, 0) is 6.42 Å². The Morgan fingerprint density at radius 3 is 2.69 bits per heavy atom. The summed E-state index contributed by atoms with van der Waals surface area (Å²) in [5, 5.41) is 0. The van der Waals surface area contributed by atoms with Crippen molar-refractivity contribution in [1.29, 1.82) is 0 Å². The van der Waals surface area contributed by atoms with Gasteiger partial charge >= 0.3 is 0 Å². The molecule has 1 heteroatoms. The van der Waals surface area contributed by atoms with E-state index in [1.165, 1.54) is 11.1 Å². The lowest BCUT2D eigenvalue weighted by Crippen LogP contribution is -2.01. The van der Waals surface area contributed by atoms with Crippen molar-refractivity contribution in [3.8, 4) is 18.1 Å². The Morgan fingerprint density at radius 2 is 2.12 bits per heavy atom. The summed E-state index contributed by atoms with van der Waals surface area (Å²) in [5.41, 5.74) is 2.57. The average molecular weight is 216 g/mol. The van der Waals surface area contributed by atoms with Gasteiger partial charge in [0.25, 0.3) is 0 Å². The normalized spacial score (nSPS) is 11.9. The molecule has 0 saturated carbocycles. The summed E-state index contributed by atoms with van der Waals surface area (Å²) < 4.78 is 5.64. The lowest BCUT2D eigenvalue weighted by Gasteiger charge is -2.16. The summed E-state index contributed by atoms with van der Waals surface area (Å²) in [5.74, 6) is 4.05. The van der Waals surface area contributed by atoms with Crippen LogP contribution in [0.4, 0.5) is 0 Å². The summed E-state index contributed by atoms with van der Waals surface area (Å²) in [6, 6.07) is 6.40. The molecule has 0 aliphatic carbocycles. The molecule has 0 heterocycles. The fourth-order valence-electron chi connectivity index (χ4n) is 1.78. The molecular weight excluding hydrogens is 196 g/mol. The zero-order valence-electron chi connectivity index (χ0n) is 10.4. The van der Waals surface area contributed by atoms with Crippen molar-refractivity contribution in [1.82, 2.24) is 0 Å². The van der Waals surface area contributed by atoms with Crippen LogP contribution in [0.15, 0.2) is 18.2 Å². The predicted octanol–water partition coefficient (Wildman–Crippen LogP) is 3.77. The van der Waals surface area contributed by atoms with E-state index in [2.05, 4.69) is 38.0 Å². The van der Waals surface area contributed by atoms with Gasteiger partial charge in [0.1, 0.15) is 5.75 Å². The predicted molar refractivity (Wildman–Crippen MR) is 68.9 cm³/mol. The monoisotopic (exact) mass is 216 g/mol. The second-order valence-electron chi connectivity index (χ2n) is 3.97. The minimum absolute atomic E-state index is 0.359. The van der Waals surface area contributed by atoms with Crippen molar-refractivity contribution in [3.05, 3.63) is 29.3 Å². The van der Waals surface area contributed by atoms with Gasteiger partial charge in [-0.25, -0.2) is 0 Å². The van der Waals surface area contributed by atoms with E-state index in [0.717, 1.165) is 18.6 Å². The maximum Gasteiger partial charge on any atom is 0.122 e. The number of benzene rings is 1. The molecule has 0 spiro atoms. The van der Waals surface area contributed by atoms with E-state index in [9.17, 15) is 0 Å². The van der Waals surface area contributed by atoms with Crippen LogP contribution >= 0.6 is 0 Å². The highest BCUT2D eigenvalue weighted by molar-refractivity contribution is 5.40. The number of aryl methyl sites for hydroxylation is 1. The van der Waals surface area contributed by atoms with Gasteiger partial charge in [-0.15, -0.1) is 12.3 Å². The SMILES string of the molecule is C#CCC(C)c1cc(CC)ccc1OCC. The number of terminal acetylenes is 1. The van der Waals surface area contributed by atoms with E-state index < -0.39 is 0 Å². The molecule has 0 amide bonds. The molecule has 0 fully saturated rings. The Kier molecular flexibility index (Phi) is 4.92. The molecule has 1 rings (SSSR count). The molecule has 0 N–H and O–H groups in total. The van der Waals surface area contributed by atoms with Crippen molar-refractivity contribution < 1.29 is 4.74 Å². The van der Waals surface area contributed by atoms with E-state index in [0.29, 0.717) is 12.5 Å². The highest BCUT2D eigenvalue weighted by Crippen LogP contribution is 2.29. The van der Waals surface area contributed by atoms with Crippen molar-refractivity contribution in [3.63, 3.8) is 0 Å². The molecule has 1 atom stereocenters. The van der Waals surface area contributed by atoms with E-state index in [-0.39, 0.29) is 0 Å². The first-order chi connectivity index (χ1) is 7.72. The first kappa shape index (κ1) is 12.6. The van der Waals surface area contributed by atoms with Crippen LogP contribution in [0.5, 0.6) is 5.75 Å². The van der Waals surface area contributed by atoms with Gasteiger partial charge in [0.15, 0.2) is 0 Å². The van der Waals surface area contributed by atoms with E-state index in [1.54, 1.807) is 0 Å². The zero-order valence-corrected chi connectivity index (χ0v) is 10.4. The Bertz CT molecular complexity index is 374. The first-order valence-electron chi connectivity index (χ1n) is 5.92. The largest absolute Gasteiger partial charge is 0.494 e. The molecule has 1 unspecified atom stereocenters. The quantitative estimate of drug-likeness (QED) is 0.681. The molecule has 16 heavy (non-hydrogen) atoms. The van der Waals surface area contributed by atoms with Crippen LogP contribution in [-0.4, -0.2) is 6.61 Å². The van der Waals surface area contributed by atoms with Crippen LogP contribution in [0, 0.1) is 12.3 Å². The van der Waals surface area contributed by atoms with Gasteiger partial charge in [0.05, 0.1) is 6.61 Å². The molecule has 0 saturated heterocycles. The first-order valence-corrected chi connectivity index (χ1v) is 5.92. The summed E-state index contributed by atoms with van der Waals surface area (Å²) in [4.78, 5) is 0. The highest BCUT2D eigenvalue weighted by Gasteiger charge is 2.11. The summed E-state index contributed by atoms with van der Waals surface area (Å²) >= 11 is 0. The maximum atomic E-state index is 5.64. The molecule has 1 aromatic rings. The molecule has 1 nitrogen and oxygen atoms in total. The lowest BCUT2D eigenvalue weighted by molar-refractivity contribution is 0.334. The van der Waals surface area contributed by atoms with Crippen LogP contribution in [0.1, 0.15) is 44.2 Å². The topological polar surface area (TPSA) is 9.23 Å². The second kappa shape index (κ2) is 6.23. The number of hydrogen-bond donors (Lipinski definition) is 0. The number of rotatable bonds is 5. The molecular formula is C15H20O. The molecule has 0 aromatic heterocycles. The maximum absolute atomic E-state index is 5.64. The highest BCUT2D eigenvalue weighted by atomic mass is 16.5. The van der Waals surface area contributed by atoms with Crippen molar-refractivity contribution in [2.24, 2.45) is 0 Å². The zero-order chi connectivity index (χ0) is 12.0. The standard InChI is InChI=1S/C15H20O/c1-5-8-12(4)14-11-13(6-2)9-10-15(14)16-7-3/h1,9-12H,6-8H2,2-4H3. The van der Waals surface area contributed by atoms with Crippen LogP contribution in [0.25, 0.3) is 0 Å². The molecule has 0 bridgehead atoms. The Hall–Kier alpha value is -1.42. The van der Waals surface area contributed by atoms with Gasteiger partial charge in [0, 0.05) is 6.42 Å². The number of hydrogen-bond acceptors (Lipinski definition) is 1. The van der Waals surface area contributed by atoms with Gasteiger partial charge in [-0.1, -0.05) is 26.0 Å². The van der Waals surface area contributed by atoms with Crippen LogP contribution < -0.4 is 4.74 Å². The van der Waals surface area contributed by atoms with Gasteiger partial charge in [-0.2, -0.15) is 0 Å². The molecule has 1 aromatic carbocycles. The fourth-order valence-corrected chi connectivity index (χ4v) is 1.78. The smallest absolute Gasteiger partial charge is 0.122 e. The van der Waals surface area contributed by atoms with Crippen molar-refractivity contribution >= 4 is 0 Å². The van der Waals surface area contributed by atoms with Gasteiger partial charge in [-0.05, 0) is 36.5 Å². The Labute approximate surface area is 98.8 Å². The third-order valence-electron chi connectivity index (χ3n) is 2.74. The summed E-state index contributed by atoms with van der Waals surface area (Å²) in [6.07, 6.45) is 7.17. The van der Waals surface area contributed by atoms with Crippen LogP contribution in [0.2, 0.25) is 0 Å². The lowest BCUT2D eigenvalue weighted by atomic mass is 9.95. The molecule has 86 valence electrons. The van der Waals surface area contributed by atoms with Gasteiger partial charge in [-0.3, -0.25) is 0 Å². The van der Waals surface area contributed by atoms with E-state index >= 15 is 0 Å². The van der Waals surface area contributed by atoms with Crippen molar-refractivity contribution in [2.75, 3.05) is 6.61 Å². The second-order valence-corrected chi connectivity index (χ2v) is 3.97. The minimum Gasteiger partial charge on any atom is -0.494 e. The minimum atomic E-state index is 0.359. The van der Waals surface area contributed by atoms with Gasteiger partial charge < -0.3 is 4.74 Å². The van der Waals surface area contributed by atoms with E-state index in [4.69, 9.17) is 11.2 Å². The average Bonchev–Trinajstić information content (AvgIpc) is 2.30. The van der Waals surface area contributed by atoms with Gasteiger partial charge in [0.2, 0.25) is 0 Å². The third-order valence-corrected chi connectivity index (χ3v) is 2.74. The Balaban J connectivity index is 3.04. The summed E-state index contributed by atoms with van der Waals surface area (Å²) in [6.45, 7) is 7.01. The third kappa shape index (κ3) is 3.03. The molecule has 0 radical (unpaired) electrons. The fraction of sp³-hybridized carbons (Fsp3) is 0.467.